The van der Waals surface area contributed by atoms with E-state index in [0.717, 1.165) is 21.3 Å². The number of pyridine rings is 1. The zero-order valence-corrected chi connectivity index (χ0v) is 17.1. The van der Waals surface area contributed by atoms with Crippen LogP contribution in [0.2, 0.25) is 0 Å². The van der Waals surface area contributed by atoms with Crippen LogP contribution in [0, 0.1) is 0 Å². The lowest BCUT2D eigenvalue weighted by Gasteiger charge is -2.11. The van der Waals surface area contributed by atoms with Crippen LogP contribution in [0.3, 0.4) is 0 Å². The van der Waals surface area contributed by atoms with Crippen molar-refractivity contribution in [3.05, 3.63) is 77.2 Å². The zero-order valence-electron chi connectivity index (χ0n) is 17.1. The summed E-state index contributed by atoms with van der Waals surface area (Å²) in [4.78, 5) is 35.8. The minimum absolute atomic E-state index is 0.277. The molecule has 0 radical (unpaired) electrons. The Morgan fingerprint density at radius 3 is 2.48 bits per heavy atom. The lowest BCUT2D eigenvalue weighted by molar-refractivity contribution is -0.154. The molecule has 0 saturated heterocycles. The molecule has 0 aliphatic heterocycles. The van der Waals surface area contributed by atoms with Crippen LogP contribution < -0.4 is 5.56 Å². The third-order valence-corrected chi connectivity index (χ3v) is 4.87. The maximum absolute atomic E-state index is 12.3. The molecule has 8 heteroatoms. The molecule has 1 aromatic carbocycles. The summed E-state index contributed by atoms with van der Waals surface area (Å²) in [6.07, 6.45) is 0.956. The number of aromatic nitrogens is 4. The minimum atomic E-state index is -0.879. The number of carbonyl (C=O) groups is 2. The van der Waals surface area contributed by atoms with Gasteiger partial charge in [0.15, 0.2) is 11.9 Å². The first-order chi connectivity index (χ1) is 14.9. The van der Waals surface area contributed by atoms with E-state index in [9.17, 15) is 14.4 Å². The second-order valence-electron chi connectivity index (χ2n) is 7.08. The lowest BCUT2D eigenvalue weighted by Crippen LogP contribution is -2.30. The quantitative estimate of drug-likeness (QED) is 0.449. The molecule has 0 fully saturated rings. The highest BCUT2D eigenvalue weighted by Gasteiger charge is 2.19. The van der Waals surface area contributed by atoms with Crippen LogP contribution in [0.15, 0.2) is 71.7 Å². The van der Waals surface area contributed by atoms with E-state index in [1.54, 1.807) is 10.6 Å². The number of rotatable bonds is 6. The van der Waals surface area contributed by atoms with Gasteiger partial charge in [0, 0.05) is 17.8 Å². The summed E-state index contributed by atoms with van der Waals surface area (Å²) in [5, 5.41) is 9.10. The van der Waals surface area contributed by atoms with E-state index >= 15 is 0 Å². The number of esters is 1. The molecule has 0 aliphatic carbocycles. The lowest BCUT2D eigenvalue weighted by atomic mass is 10.0. The Kier molecular flexibility index (Phi) is 5.44. The topological polar surface area (TPSA) is 95.6 Å². The third-order valence-electron chi connectivity index (χ3n) is 4.87. The van der Waals surface area contributed by atoms with Gasteiger partial charge in [-0.1, -0.05) is 36.4 Å². The maximum Gasteiger partial charge on any atom is 0.328 e. The molecule has 31 heavy (non-hydrogen) atoms. The fourth-order valence-corrected chi connectivity index (χ4v) is 3.18. The molecule has 0 spiro atoms. The Morgan fingerprint density at radius 1 is 1.00 bits per heavy atom. The van der Waals surface area contributed by atoms with Crippen LogP contribution in [-0.2, 0) is 20.9 Å². The van der Waals surface area contributed by atoms with Gasteiger partial charge in [0.05, 0.1) is 16.8 Å². The van der Waals surface area contributed by atoms with Gasteiger partial charge < -0.3 is 4.74 Å². The summed E-state index contributed by atoms with van der Waals surface area (Å²) in [7, 11) is 0. The largest absolute Gasteiger partial charge is 0.453 e. The van der Waals surface area contributed by atoms with Crippen LogP contribution >= 0.6 is 0 Å². The second kappa shape index (κ2) is 8.35. The molecule has 3 heterocycles. The van der Waals surface area contributed by atoms with E-state index < -0.39 is 24.2 Å². The fourth-order valence-electron chi connectivity index (χ4n) is 3.18. The van der Waals surface area contributed by atoms with Gasteiger partial charge in [-0.3, -0.25) is 14.4 Å². The molecular weight excluding hydrogens is 396 g/mol. The molecule has 1 unspecified atom stereocenters. The number of hydrogen-bond donors (Lipinski definition) is 0. The molecule has 1 atom stereocenters. The van der Waals surface area contributed by atoms with Crippen LogP contribution in [-0.4, -0.2) is 37.3 Å². The van der Waals surface area contributed by atoms with Crippen LogP contribution in [0.25, 0.3) is 28.0 Å². The molecule has 4 rings (SSSR count). The van der Waals surface area contributed by atoms with E-state index in [1.165, 1.54) is 19.9 Å². The number of carbonyl (C=O) groups excluding carboxylic acids is 2. The molecule has 4 aromatic rings. The molecule has 0 amide bonds. The van der Waals surface area contributed by atoms with Crippen LogP contribution in [0.5, 0.6) is 0 Å². The van der Waals surface area contributed by atoms with Crippen LogP contribution in [0.4, 0.5) is 0 Å². The van der Waals surface area contributed by atoms with Gasteiger partial charge in [0.25, 0.3) is 5.56 Å². The Labute approximate surface area is 177 Å². The normalized spacial score (nSPS) is 11.9. The summed E-state index contributed by atoms with van der Waals surface area (Å²) >= 11 is 0. The summed E-state index contributed by atoms with van der Waals surface area (Å²) in [5.74, 6) is -0.987. The smallest absolute Gasteiger partial charge is 0.328 e. The Morgan fingerprint density at radius 2 is 1.74 bits per heavy atom. The van der Waals surface area contributed by atoms with Gasteiger partial charge >= 0.3 is 5.97 Å². The highest BCUT2D eigenvalue weighted by atomic mass is 16.5. The summed E-state index contributed by atoms with van der Waals surface area (Å²) in [6, 6.07) is 18.3. The average molecular weight is 416 g/mol. The first-order valence-corrected chi connectivity index (χ1v) is 9.75. The number of hydrogen-bond acceptors (Lipinski definition) is 6. The predicted molar refractivity (Wildman–Crippen MR) is 114 cm³/mol. The number of nitrogens with zero attached hydrogens (tertiary/aromatic N) is 4. The van der Waals surface area contributed by atoms with Crippen molar-refractivity contribution in [1.29, 1.82) is 0 Å². The van der Waals surface area contributed by atoms with E-state index in [-0.39, 0.29) is 5.78 Å². The summed E-state index contributed by atoms with van der Waals surface area (Å²) in [6.45, 7) is 2.42. The summed E-state index contributed by atoms with van der Waals surface area (Å²) < 4.78 is 7.84. The molecular formula is C23H20N4O4. The van der Waals surface area contributed by atoms with Crippen LogP contribution in [0.1, 0.15) is 13.8 Å². The molecule has 0 aliphatic rings. The Hall–Kier alpha value is -4.07. The number of fused-ring (bicyclic) bond motifs is 1. The zero-order chi connectivity index (χ0) is 22.0. The monoisotopic (exact) mass is 416 g/mol. The van der Waals surface area contributed by atoms with Crippen molar-refractivity contribution in [3.63, 3.8) is 0 Å². The number of benzene rings is 1. The third kappa shape index (κ3) is 4.13. The van der Waals surface area contributed by atoms with Crippen molar-refractivity contribution in [2.75, 3.05) is 0 Å². The first-order valence-electron chi connectivity index (χ1n) is 9.75. The van der Waals surface area contributed by atoms with Crippen molar-refractivity contribution < 1.29 is 14.3 Å². The highest BCUT2D eigenvalue weighted by molar-refractivity contribution is 5.90. The number of ether oxygens (including phenoxy) is 1. The van der Waals surface area contributed by atoms with Crippen molar-refractivity contribution in [3.8, 4) is 22.5 Å². The van der Waals surface area contributed by atoms with Crippen molar-refractivity contribution >= 4 is 17.3 Å². The molecule has 0 N–H and O–H groups in total. The van der Waals surface area contributed by atoms with E-state index in [0.29, 0.717) is 11.4 Å². The highest BCUT2D eigenvalue weighted by Crippen LogP contribution is 2.33. The Balaban J connectivity index is 1.79. The fraction of sp³-hybridized carbons (Fsp3) is 0.174. The van der Waals surface area contributed by atoms with Gasteiger partial charge in [0.2, 0.25) is 0 Å². The van der Waals surface area contributed by atoms with Gasteiger partial charge in [-0.05, 0) is 32.0 Å². The summed E-state index contributed by atoms with van der Waals surface area (Å²) in [5.41, 5.74) is 3.20. The standard InChI is InChI=1S/C23H20N4O4/c1-15(28)16(2)31-21(30)14-27-20(29)12-11-18(24-27)22-19-10-6-7-13-26(19)25-23(22)17-8-4-3-5-9-17/h3-13,16H,14H2,1-2H3. The second-order valence-corrected chi connectivity index (χ2v) is 7.08. The number of ketones is 1. The first kappa shape index (κ1) is 20.2. The molecule has 3 aromatic heterocycles. The van der Waals surface area contributed by atoms with Gasteiger partial charge in [0.1, 0.15) is 12.2 Å². The van der Waals surface area contributed by atoms with Gasteiger partial charge in [-0.25, -0.2) is 9.20 Å². The van der Waals surface area contributed by atoms with E-state index in [2.05, 4.69) is 5.10 Å². The predicted octanol–water partition coefficient (Wildman–Crippen LogP) is 2.75. The average Bonchev–Trinajstić information content (AvgIpc) is 3.15. The SMILES string of the molecule is CC(=O)C(C)OC(=O)Cn1nc(-c2c(-c3ccccc3)nn3ccccc23)ccc1=O. The van der Waals surface area contributed by atoms with Gasteiger partial charge in [-0.2, -0.15) is 10.2 Å². The van der Waals surface area contributed by atoms with E-state index in [4.69, 9.17) is 9.84 Å². The molecule has 156 valence electrons. The molecule has 0 saturated carbocycles. The minimum Gasteiger partial charge on any atom is -0.453 e. The number of Topliss-reactive ketones (excluding diaryl/α,β-unsaturated/α-hetero) is 1. The Bertz CT molecular complexity index is 1320. The maximum atomic E-state index is 12.3. The van der Waals surface area contributed by atoms with Crippen molar-refractivity contribution in [2.24, 2.45) is 0 Å². The molecule has 8 nitrogen and oxygen atoms in total. The van der Waals surface area contributed by atoms with E-state index in [1.807, 2.05) is 54.7 Å². The van der Waals surface area contributed by atoms with Crippen molar-refractivity contribution in [2.45, 2.75) is 26.5 Å². The molecule has 0 bridgehead atoms. The van der Waals surface area contributed by atoms with Crippen molar-refractivity contribution in [1.82, 2.24) is 19.4 Å². The van der Waals surface area contributed by atoms with Gasteiger partial charge in [-0.15, -0.1) is 0 Å².